The number of carboxylic acids is 1. The van der Waals surface area contributed by atoms with Crippen molar-refractivity contribution in [3.05, 3.63) is 65.0 Å². The molecule has 2 aromatic heterocycles. The Hall–Kier alpha value is -4.15. The highest BCUT2D eigenvalue weighted by molar-refractivity contribution is 5.92. The van der Waals surface area contributed by atoms with E-state index in [9.17, 15) is 23.1 Å². The lowest BCUT2D eigenvalue weighted by Gasteiger charge is -2.32. The quantitative estimate of drug-likeness (QED) is 0.242. The van der Waals surface area contributed by atoms with Crippen molar-refractivity contribution in [3.63, 3.8) is 0 Å². The summed E-state index contributed by atoms with van der Waals surface area (Å²) in [5.74, 6) is -0.342. The molecule has 210 valence electrons. The summed E-state index contributed by atoms with van der Waals surface area (Å²) in [6.45, 7) is 5.95. The van der Waals surface area contributed by atoms with E-state index in [-0.39, 0.29) is 36.4 Å². The predicted octanol–water partition coefficient (Wildman–Crippen LogP) is 6.57. The second-order valence-electron chi connectivity index (χ2n) is 10.1. The van der Waals surface area contributed by atoms with Crippen LogP contribution >= 0.6 is 0 Å². The number of aryl methyl sites for hydroxylation is 1. The second kappa shape index (κ2) is 10.8. The smallest absolute Gasteiger partial charge is 0.416 e. The number of nitrogens with zero attached hydrogens (tertiary/aromatic N) is 4. The van der Waals surface area contributed by atoms with Crippen LogP contribution in [0, 0.1) is 12.8 Å². The molecule has 5 rings (SSSR count). The summed E-state index contributed by atoms with van der Waals surface area (Å²) in [5, 5.41) is 13.1. The average Bonchev–Trinajstić information content (AvgIpc) is 3.22. The van der Waals surface area contributed by atoms with E-state index in [2.05, 4.69) is 15.3 Å². The van der Waals surface area contributed by atoms with E-state index in [1.165, 1.54) is 6.07 Å². The van der Waals surface area contributed by atoms with Crippen molar-refractivity contribution in [1.29, 1.82) is 0 Å². The van der Waals surface area contributed by atoms with Crippen molar-refractivity contribution in [2.24, 2.45) is 5.92 Å². The zero-order chi connectivity index (χ0) is 28.6. The number of carbonyl (C=O) groups is 1. The van der Waals surface area contributed by atoms with Crippen LogP contribution in [0.3, 0.4) is 0 Å². The van der Waals surface area contributed by atoms with Crippen molar-refractivity contribution in [2.75, 3.05) is 11.9 Å². The molecule has 40 heavy (non-hydrogen) atoms. The Balaban J connectivity index is 1.72. The first-order valence-electron chi connectivity index (χ1n) is 13.2. The number of carboxylic acid groups (broad SMARTS) is 1. The summed E-state index contributed by atoms with van der Waals surface area (Å²) in [4.78, 5) is 25.2. The van der Waals surface area contributed by atoms with E-state index in [1.54, 1.807) is 6.92 Å². The van der Waals surface area contributed by atoms with Crippen LogP contribution < -0.4 is 10.1 Å². The van der Waals surface area contributed by atoms with E-state index in [0.29, 0.717) is 28.6 Å². The molecule has 0 spiro atoms. The molecule has 0 bridgehead atoms. The topological polar surface area (TPSA) is 102 Å². The third-order valence-corrected chi connectivity index (χ3v) is 7.31. The third-order valence-electron chi connectivity index (χ3n) is 7.31. The fourth-order valence-corrected chi connectivity index (χ4v) is 4.99. The number of halogens is 3. The minimum Gasteiger partial charge on any atom is -0.494 e. The van der Waals surface area contributed by atoms with Gasteiger partial charge in [0.05, 0.1) is 18.7 Å². The second-order valence-corrected chi connectivity index (χ2v) is 10.1. The van der Waals surface area contributed by atoms with Crippen molar-refractivity contribution < 1.29 is 27.8 Å². The number of fused-ring (bicyclic) bond motifs is 1. The Morgan fingerprint density at radius 2 is 1.95 bits per heavy atom. The van der Waals surface area contributed by atoms with Crippen LogP contribution in [-0.4, -0.2) is 43.2 Å². The van der Waals surface area contributed by atoms with Crippen LogP contribution in [0.4, 0.5) is 19.0 Å². The fourth-order valence-electron chi connectivity index (χ4n) is 4.99. The molecule has 4 aromatic rings. The maximum absolute atomic E-state index is 13.5. The molecule has 11 heteroatoms. The third kappa shape index (κ3) is 5.45. The summed E-state index contributed by atoms with van der Waals surface area (Å²) in [6.07, 6.45) is -1.26. The molecule has 8 nitrogen and oxygen atoms in total. The Kier molecular flexibility index (Phi) is 7.39. The van der Waals surface area contributed by atoms with Crippen molar-refractivity contribution >= 4 is 23.0 Å². The number of aromatic carboxylic acids is 1. The van der Waals surface area contributed by atoms with Gasteiger partial charge >= 0.3 is 12.1 Å². The highest BCUT2D eigenvalue weighted by atomic mass is 19.4. The Morgan fingerprint density at radius 3 is 2.58 bits per heavy atom. The Bertz CT molecular complexity index is 1560. The molecular formula is C29H30F3N5O3. The van der Waals surface area contributed by atoms with E-state index in [4.69, 9.17) is 9.72 Å². The molecule has 0 aliphatic heterocycles. The molecule has 2 heterocycles. The molecule has 0 radical (unpaired) electrons. The first kappa shape index (κ1) is 27.4. The molecule has 1 atom stereocenters. The number of alkyl halides is 3. The first-order chi connectivity index (χ1) is 19.0. The van der Waals surface area contributed by atoms with E-state index >= 15 is 0 Å². The number of nitrogens with one attached hydrogen (secondary N) is 1. The van der Waals surface area contributed by atoms with Gasteiger partial charge in [0.2, 0.25) is 5.82 Å². The summed E-state index contributed by atoms with van der Waals surface area (Å²) in [5.41, 5.74) is 2.07. The Labute approximate surface area is 229 Å². The van der Waals surface area contributed by atoms with Gasteiger partial charge in [0, 0.05) is 17.2 Å². The maximum Gasteiger partial charge on any atom is 0.416 e. The number of imidazole rings is 1. The summed E-state index contributed by atoms with van der Waals surface area (Å²) >= 11 is 0. The zero-order valence-corrected chi connectivity index (χ0v) is 22.4. The number of rotatable bonds is 9. The van der Waals surface area contributed by atoms with Crippen molar-refractivity contribution in [1.82, 2.24) is 19.5 Å². The zero-order valence-electron chi connectivity index (χ0n) is 22.4. The number of ether oxygens (including phenoxy) is 1. The highest BCUT2D eigenvalue weighted by Gasteiger charge is 2.32. The van der Waals surface area contributed by atoms with E-state index in [1.807, 2.05) is 42.7 Å². The number of anilines is 1. The van der Waals surface area contributed by atoms with Crippen molar-refractivity contribution in [2.45, 2.75) is 58.8 Å². The number of hydrogen-bond donors (Lipinski definition) is 2. The molecule has 0 amide bonds. The van der Waals surface area contributed by atoms with Gasteiger partial charge in [0.15, 0.2) is 11.5 Å². The molecule has 1 fully saturated rings. The fraction of sp³-hybridized carbons (Fsp3) is 0.379. The van der Waals surface area contributed by atoms with Gasteiger partial charge in [-0.2, -0.15) is 13.2 Å². The molecule has 1 saturated carbocycles. The van der Waals surface area contributed by atoms with Gasteiger partial charge in [-0.3, -0.25) is 0 Å². The van der Waals surface area contributed by atoms with Gasteiger partial charge in [-0.05, 0) is 57.7 Å². The van der Waals surface area contributed by atoms with Crippen molar-refractivity contribution in [3.8, 4) is 17.1 Å². The highest BCUT2D eigenvalue weighted by Crippen LogP contribution is 2.37. The van der Waals surface area contributed by atoms with Crippen LogP contribution in [0.1, 0.15) is 60.4 Å². The predicted molar refractivity (Wildman–Crippen MR) is 145 cm³/mol. The van der Waals surface area contributed by atoms with Gasteiger partial charge in [-0.1, -0.05) is 36.2 Å². The van der Waals surface area contributed by atoms with Gasteiger partial charge in [0.1, 0.15) is 17.1 Å². The van der Waals surface area contributed by atoms with Crippen LogP contribution in [0.5, 0.6) is 5.75 Å². The lowest BCUT2D eigenvalue weighted by molar-refractivity contribution is -0.137. The molecule has 2 aromatic carbocycles. The average molecular weight is 554 g/mol. The number of aromatic nitrogens is 4. The molecule has 1 aliphatic rings. The maximum atomic E-state index is 13.5. The summed E-state index contributed by atoms with van der Waals surface area (Å²) in [7, 11) is 0. The minimum atomic E-state index is -4.52. The lowest BCUT2D eigenvalue weighted by Crippen LogP contribution is -2.31. The first-order valence-corrected chi connectivity index (χ1v) is 13.2. The van der Waals surface area contributed by atoms with Gasteiger partial charge in [0.25, 0.3) is 0 Å². The molecule has 2 N–H and O–H groups in total. The summed E-state index contributed by atoms with van der Waals surface area (Å²) in [6, 6.07) is 11.1. The Morgan fingerprint density at radius 1 is 1.18 bits per heavy atom. The van der Waals surface area contributed by atoms with E-state index in [0.717, 1.165) is 42.5 Å². The van der Waals surface area contributed by atoms with Gasteiger partial charge in [-0.25, -0.2) is 19.7 Å². The van der Waals surface area contributed by atoms with Crippen LogP contribution in [0.25, 0.3) is 22.6 Å². The number of benzene rings is 2. The molecule has 0 saturated heterocycles. The standard InChI is InChI=1S/C29H30F3N5O3/c1-4-40-22-14-21(29(30,31)32)12-11-20(22)15-37-23-24(33-17(3)18-8-6-9-18)34-26(28(38)39)35-25(23)36-27(37)19-10-5-7-16(2)13-19/h5,7,10-14,17-18H,4,6,8-9,15H2,1-3H3,(H,38,39)(H,33,34,35)/t17-/m1/s1. The van der Waals surface area contributed by atoms with Crippen LogP contribution in [0.2, 0.25) is 0 Å². The lowest BCUT2D eigenvalue weighted by atomic mass is 9.80. The molecule has 0 unspecified atom stereocenters. The molecular weight excluding hydrogens is 523 g/mol. The normalized spacial score (nSPS) is 14.7. The monoisotopic (exact) mass is 553 g/mol. The van der Waals surface area contributed by atoms with Crippen LogP contribution in [0.15, 0.2) is 42.5 Å². The summed E-state index contributed by atoms with van der Waals surface area (Å²) < 4.78 is 47.9. The van der Waals surface area contributed by atoms with E-state index < -0.39 is 17.7 Å². The minimum absolute atomic E-state index is 0.0179. The van der Waals surface area contributed by atoms with Gasteiger partial charge in [-0.15, -0.1) is 0 Å². The van der Waals surface area contributed by atoms with Gasteiger partial charge < -0.3 is 19.7 Å². The number of hydrogen-bond acceptors (Lipinski definition) is 6. The largest absolute Gasteiger partial charge is 0.494 e. The SMILES string of the molecule is CCOc1cc(C(F)(F)F)ccc1Cn1c(-c2cccc(C)c2)nc2nc(C(=O)O)nc(N[C@H](C)C3CCC3)c21. The van der Waals surface area contributed by atoms with Crippen LogP contribution in [-0.2, 0) is 12.7 Å². The molecule has 1 aliphatic carbocycles.